The number of carbonyl (C=O) groups excluding carboxylic acids is 1. The van der Waals surface area contributed by atoms with Crippen molar-refractivity contribution in [2.75, 3.05) is 18.4 Å². The molecule has 164 valence electrons. The van der Waals surface area contributed by atoms with Crippen molar-refractivity contribution in [3.63, 3.8) is 0 Å². The van der Waals surface area contributed by atoms with Crippen LogP contribution in [0.1, 0.15) is 35.7 Å². The van der Waals surface area contributed by atoms with Crippen LogP contribution in [0.5, 0.6) is 5.75 Å². The van der Waals surface area contributed by atoms with Crippen LogP contribution < -0.4 is 10.1 Å². The summed E-state index contributed by atoms with van der Waals surface area (Å²) in [6, 6.07) is 9.52. The van der Waals surface area contributed by atoms with Crippen molar-refractivity contribution in [3.05, 3.63) is 54.0 Å². The lowest BCUT2D eigenvalue weighted by Gasteiger charge is -2.45. The summed E-state index contributed by atoms with van der Waals surface area (Å²) in [5.41, 5.74) is 1.21. The first kappa shape index (κ1) is 20.4. The molecule has 5 rings (SSSR count). The van der Waals surface area contributed by atoms with Crippen molar-refractivity contribution < 1.29 is 14.6 Å². The average Bonchev–Trinajstić information content (AvgIpc) is 3.22. The third-order valence-electron chi connectivity index (χ3n) is 6.21. The van der Waals surface area contributed by atoms with Gasteiger partial charge in [-0.1, -0.05) is 0 Å². The number of piperidine rings is 1. The van der Waals surface area contributed by atoms with E-state index in [4.69, 9.17) is 10.00 Å². The number of benzene rings is 1. The molecule has 32 heavy (non-hydrogen) atoms. The predicted molar refractivity (Wildman–Crippen MR) is 116 cm³/mol. The van der Waals surface area contributed by atoms with Gasteiger partial charge in [0.15, 0.2) is 11.9 Å². The minimum atomic E-state index is -1.10. The summed E-state index contributed by atoms with van der Waals surface area (Å²) in [4.78, 5) is 19.1. The van der Waals surface area contributed by atoms with Crippen LogP contribution >= 0.6 is 0 Å². The molecule has 0 saturated carbocycles. The molecule has 9 heteroatoms. The smallest absolute Gasteiger partial charge is 0.261 e. The van der Waals surface area contributed by atoms with E-state index in [-0.39, 0.29) is 11.8 Å². The normalized spacial score (nSPS) is 23.8. The van der Waals surface area contributed by atoms with Gasteiger partial charge in [0.2, 0.25) is 0 Å². The lowest BCUT2D eigenvalue weighted by Crippen LogP contribution is -2.59. The highest BCUT2D eigenvalue weighted by Crippen LogP contribution is 2.37. The summed E-state index contributed by atoms with van der Waals surface area (Å²) in [7, 11) is 0. The number of nitrogens with zero attached hydrogens (tertiary/aromatic N) is 5. The highest BCUT2D eigenvalue weighted by Gasteiger charge is 2.43. The van der Waals surface area contributed by atoms with Crippen LogP contribution in [0, 0.1) is 17.2 Å². The van der Waals surface area contributed by atoms with Crippen LogP contribution in [0.4, 0.5) is 5.69 Å². The third kappa shape index (κ3) is 3.68. The number of carbonyl (C=O) groups is 1. The van der Waals surface area contributed by atoms with Gasteiger partial charge in [0.1, 0.15) is 16.9 Å². The van der Waals surface area contributed by atoms with E-state index >= 15 is 0 Å². The summed E-state index contributed by atoms with van der Waals surface area (Å²) in [6.07, 6.45) is 6.32. The van der Waals surface area contributed by atoms with E-state index in [1.807, 2.05) is 12.1 Å². The first-order valence-corrected chi connectivity index (χ1v) is 10.7. The molecule has 0 unspecified atom stereocenters. The number of rotatable bonds is 3. The number of nitriles is 1. The third-order valence-corrected chi connectivity index (χ3v) is 6.21. The molecule has 4 heterocycles. The van der Waals surface area contributed by atoms with Gasteiger partial charge in [-0.05, 0) is 49.6 Å². The Kier molecular flexibility index (Phi) is 5.04. The summed E-state index contributed by atoms with van der Waals surface area (Å²) >= 11 is 0. The second-order valence-corrected chi connectivity index (χ2v) is 8.67. The molecule has 2 aromatic heterocycles. The first-order valence-electron chi connectivity index (χ1n) is 10.7. The van der Waals surface area contributed by atoms with Gasteiger partial charge in [0.25, 0.3) is 5.91 Å². The summed E-state index contributed by atoms with van der Waals surface area (Å²) in [5.74, 6) is 0.460. The van der Waals surface area contributed by atoms with Crippen molar-refractivity contribution in [2.45, 2.75) is 38.0 Å². The monoisotopic (exact) mass is 432 g/mol. The molecule has 3 aromatic rings. The maximum absolute atomic E-state index is 12.8. The zero-order valence-corrected chi connectivity index (χ0v) is 17.7. The van der Waals surface area contributed by atoms with E-state index in [1.165, 1.54) is 6.20 Å². The SMILES string of the molecule is C[C@@]1(O)Cc2cc(NC(=O)c3cnn4cccnc34)ccc2O[C@H]1N1CCC(C#N)CC1. The van der Waals surface area contributed by atoms with E-state index in [0.717, 1.165) is 31.5 Å². The van der Waals surface area contributed by atoms with Crippen LogP contribution in [-0.4, -0.2) is 55.4 Å². The molecular formula is C23H24N6O3. The minimum absolute atomic E-state index is 0.0709. The molecule has 0 radical (unpaired) electrons. The zero-order valence-electron chi connectivity index (χ0n) is 17.7. The van der Waals surface area contributed by atoms with Crippen molar-refractivity contribution >= 4 is 17.2 Å². The Bertz CT molecular complexity index is 1210. The molecule has 0 spiro atoms. The summed E-state index contributed by atoms with van der Waals surface area (Å²) in [5, 5.41) is 27.3. The van der Waals surface area contributed by atoms with Gasteiger partial charge in [-0.25, -0.2) is 9.50 Å². The lowest BCUT2D eigenvalue weighted by atomic mass is 9.88. The van der Waals surface area contributed by atoms with Gasteiger partial charge in [0.05, 0.1) is 12.3 Å². The van der Waals surface area contributed by atoms with Crippen LogP contribution in [0.2, 0.25) is 0 Å². The Morgan fingerprint density at radius 2 is 2.19 bits per heavy atom. The van der Waals surface area contributed by atoms with Gasteiger partial charge in [-0.15, -0.1) is 0 Å². The largest absolute Gasteiger partial charge is 0.472 e. The minimum Gasteiger partial charge on any atom is -0.472 e. The fourth-order valence-electron chi connectivity index (χ4n) is 4.55. The van der Waals surface area contributed by atoms with Gasteiger partial charge >= 0.3 is 0 Å². The Labute approximate surface area is 185 Å². The fraction of sp³-hybridized carbons (Fsp3) is 0.391. The quantitative estimate of drug-likeness (QED) is 0.652. The highest BCUT2D eigenvalue weighted by atomic mass is 16.5. The van der Waals surface area contributed by atoms with Crippen LogP contribution in [0.15, 0.2) is 42.9 Å². The van der Waals surface area contributed by atoms with Crippen LogP contribution in [-0.2, 0) is 6.42 Å². The topological polar surface area (TPSA) is 116 Å². The lowest BCUT2D eigenvalue weighted by molar-refractivity contribution is -0.141. The van der Waals surface area contributed by atoms with Crippen LogP contribution in [0.25, 0.3) is 5.65 Å². The Morgan fingerprint density at radius 1 is 1.38 bits per heavy atom. The highest BCUT2D eigenvalue weighted by molar-refractivity contribution is 6.08. The Morgan fingerprint density at radius 3 is 2.97 bits per heavy atom. The number of likely N-dealkylation sites (tertiary alicyclic amines) is 1. The van der Waals surface area contributed by atoms with E-state index in [2.05, 4.69) is 26.4 Å². The molecule has 9 nitrogen and oxygen atoms in total. The molecule has 2 aliphatic rings. The van der Waals surface area contributed by atoms with Crippen molar-refractivity contribution in [3.8, 4) is 11.8 Å². The number of aromatic nitrogens is 3. The molecule has 1 fully saturated rings. The zero-order chi connectivity index (χ0) is 22.3. The number of nitrogens with one attached hydrogen (secondary N) is 1. The average molecular weight is 432 g/mol. The maximum atomic E-state index is 12.8. The Balaban J connectivity index is 1.33. The molecule has 0 aliphatic carbocycles. The number of anilines is 1. The van der Waals surface area contributed by atoms with Gasteiger partial charge in [-0.3, -0.25) is 9.69 Å². The van der Waals surface area contributed by atoms with Gasteiger partial charge in [0, 0.05) is 43.5 Å². The second-order valence-electron chi connectivity index (χ2n) is 8.67. The molecule has 2 atom stereocenters. The predicted octanol–water partition coefficient (Wildman–Crippen LogP) is 2.23. The van der Waals surface area contributed by atoms with E-state index < -0.39 is 11.8 Å². The molecule has 1 amide bonds. The first-order chi connectivity index (χ1) is 15.4. The van der Waals surface area contributed by atoms with Crippen molar-refractivity contribution in [1.82, 2.24) is 19.5 Å². The fourth-order valence-corrected chi connectivity index (χ4v) is 4.55. The summed E-state index contributed by atoms with van der Waals surface area (Å²) < 4.78 is 7.75. The molecule has 0 bridgehead atoms. The number of amides is 1. The maximum Gasteiger partial charge on any atom is 0.261 e. The van der Waals surface area contributed by atoms with Crippen LogP contribution in [0.3, 0.4) is 0 Å². The number of fused-ring (bicyclic) bond motifs is 2. The van der Waals surface area contributed by atoms with Gasteiger partial charge in [-0.2, -0.15) is 10.4 Å². The molecular weight excluding hydrogens is 408 g/mol. The van der Waals surface area contributed by atoms with E-state index in [0.29, 0.717) is 29.1 Å². The number of hydrogen-bond acceptors (Lipinski definition) is 7. The number of aliphatic hydroxyl groups is 1. The van der Waals surface area contributed by atoms with Crippen molar-refractivity contribution in [2.24, 2.45) is 5.92 Å². The number of hydrogen-bond donors (Lipinski definition) is 2. The molecule has 2 N–H and O–H groups in total. The van der Waals surface area contributed by atoms with E-state index in [9.17, 15) is 9.90 Å². The summed E-state index contributed by atoms with van der Waals surface area (Å²) in [6.45, 7) is 3.21. The Hall–Kier alpha value is -3.48. The molecule has 1 saturated heterocycles. The van der Waals surface area contributed by atoms with Gasteiger partial charge < -0.3 is 15.2 Å². The van der Waals surface area contributed by atoms with Crippen molar-refractivity contribution in [1.29, 1.82) is 5.26 Å². The number of ether oxygens (including phenoxy) is 1. The standard InChI is InChI=1S/C23H24N6O3/c1-23(31)12-16-11-17(27-21(30)18-14-26-29-8-2-7-25-20(18)29)3-4-19(16)32-22(23)28-9-5-15(13-24)6-10-28/h2-4,7-8,11,14-15,22,31H,5-6,9-10,12H2,1H3,(H,27,30)/t22-,23-/m1/s1. The second kappa shape index (κ2) is 7.89. The molecule has 2 aliphatic heterocycles. The molecule has 1 aromatic carbocycles. The van der Waals surface area contributed by atoms with E-state index in [1.54, 1.807) is 36.0 Å².